The van der Waals surface area contributed by atoms with Crippen LogP contribution in [0.4, 0.5) is 5.69 Å². The van der Waals surface area contributed by atoms with E-state index in [1.54, 1.807) is 0 Å². The number of carbonyl (C=O) groups excluding carboxylic acids is 1. The van der Waals surface area contributed by atoms with Crippen LogP contribution in [-0.2, 0) is 9.53 Å². The average Bonchev–Trinajstić information content (AvgIpc) is 2.59. The van der Waals surface area contributed by atoms with Gasteiger partial charge < -0.3 is 20.5 Å². The number of carbonyl (C=O) groups is 1. The highest BCUT2D eigenvalue weighted by Gasteiger charge is 2.24. The summed E-state index contributed by atoms with van der Waals surface area (Å²) in [6.07, 6.45) is 0. The minimum absolute atomic E-state index is 0.0137. The molecule has 2 aromatic rings. The van der Waals surface area contributed by atoms with E-state index in [0.29, 0.717) is 37.8 Å². The van der Waals surface area contributed by atoms with Crippen LogP contribution in [0.15, 0.2) is 24.3 Å². The minimum atomic E-state index is -0.515. The summed E-state index contributed by atoms with van der Waals surface area (Å²) in [6.45, 7) is 9.42. The van der Waals surface area contributed by atoms with Crippen LogP contribution in [0.3, 0.4) is 0 Å². The second-order valence-corrected chi connectivity index (χ2v) is 7.61. The largest absolute Gasteiger partial charge is 0.490 e. The van der Waals surface area contributed by atoms with Crippen molar-refractivity contribution in [2.45, 2.75) is 26.3 Å². The highest BCUT2D eigenvalue weighted by atomic mass is 16.5. The first-order chi connectivity index (χ1) is 12.8. The molecule has 27 heavy (non-hydrogen) atoms. The number of rotatable bonds is 6. The fraction of sp³-hybridized carbons (Fsp3) is 0.500. The average molecular weight is 372 g/mol. The fourth-order valence-electron chi connectivity index (χ4n) is 3.22. The van der Waals surface area contributed by atoms with E-state index >= 15 is 0 Å². The summed E-state index contributed by atoms with van der Waals surface area (Å²) in [5, 5.41) is 3.86. The van der Waals surface area contributed by atoms with Crippen molar-refractivity contribution in [1.82, 2.24) is 15.2 Å². The Kier molecular flexibility index (Phi) is 5.82. The Morgan fingerprint density at radius 1 is 1.37 bits per heavy atom. The highest BCUT2D eigenvalue weighted by Crippen LogP contribution is 2.30. The maximum absolute atomic E-state index is 12.4. The second kappa shape index (κ2) is 8.10. The van der Waals surface area contributed by atoms with Gasteiger partial charge in [0.05, 0.1) is 36.2 Å². The lowest BCUT2D eigenvalue weighted by Gasteiger charge is -2.30. The van der Waals surface area contributed by atoms with E-state index in [-0.39, 0.29) is 5.91 Å². The van der Waals surface area contributed by atoms with E-state index in [0.717, 1.165) is 29.7 Å². The Morgan fingerprint density at radius 2 is 2.11 bits per heavy atom. The summed E-state index contributed by atoms with van der Waals surface area (Å²) in [6, 6.07) is 7.53. The zero-order valence-electron chi connectivity index (χ0n) is 16.2. The van der Waals surface area contributed by atoms with E-state index in [4.69, 9.17) is 15.2 Å². The predicted molar refractivity (Wildman–Crippen MR) is 106 cm³/mol. The van der Waals surface area contributed by atoms with Crippen molar-refractivity contribution < 1.29 is 14.3 Å². The Bertz CT molecular complexity index is 816. The molecule has 0 radical (unpaired) electrons. The summed E-state index contributed by atoms with van der Waals surface area (Å²) in [5.41, 5.74) is 7.98. The normalized spacial score (nSPS) is 15.7. The molecular weight excluding hydrogens is 344 g/mol. The number of hydrogen-bond acceptors (Lipinski definition) is 6. The van der Waals surface area contributed by atoms with Crippen molar-refractivity contribution in [1.29, 1.82) is 0 Å². The first kappa shape index (κ1) is 19.4. The number of ether oxygens (including phenoxy) is 2. The van der Waals surface area contributed by atoms with E-state index < -0.39 is 5.54 Å². The molecule has 7 heteroatoms. The number of amides is 1. The molecule has 1 amide bonds. The van der Waals surface area contributed by atoms with Crippen molar-refractivity contribution in [3.8, 4) is 5.75 Å². The third-order valence-electron chi connectivity index (χ3n) is 4.49. The van der Waals surface area contributed by atoms with Crippen molar-refractivity contribution in [2.75, 3.05) is 45.2 Å². The maximum atomic E-state index is 12.4. The van der Waals surface area contributed by atoms with Gasteiger partial charge in [-0.2, -0.15) is 0 Å². The molecule has 0 unspecified atom stereocenters. The second-order valence-electron chi connectivity index (χ2n) is 7.61. The molecular formula is C20H28N4O3. The SMILES string of the molecule is Cc1cc(N)c2c(OCC(C)(C)NC(=O)CN3CCOCC3)cccc2n1. The number of aryl methyl sites for hydroxylation is 1. The number of pyridine rings is 1. The molecule has 1 saturated heterocycles. The van der Waals surface area contributed by atoms with Crippen LogP contribution in [0.1, 0.15) is 19.5 Å². The van der Waals surface area contributed by atoms with Crippen LogP contribution < -0.4 is 15.8 Å². The molecule has 1 aromatic carbocycles. The number of nitrogens with one attached hydrogen (secondary N) is 1. The number of aromatic nitrogens is 1. The molecule has 1 fully saturated rings. The maximum Gasteiger partial charge on any atom is 0.234 e. The molecule has 0 saturated carbocycles. The molecule has 146 valence electrons. The van der Waals surface area contributed by atoms with Crippen molar-refractivity contribution in [2.24, 2.45) is 0 Å². The number of fused-ring (bicyclic) bond motifs is 1. The predicted octanol–water partition coefficient (Wildman–Crippen LogP) is 1.73. The van der Waals surface area contributed by atoms with Crippen molar-refractivity contribution >= 4 is 22.5 Å². The van der Waals surface area contributed by atoms with Crippen LogP contribution in [0.25, 0.3) is 10.9 Å². The van der Waals surface area contributed by atoms with E-state index in [1.165, 1.54) is 0 Å². The molecule has 3 N–H and O–H groups in total. The van der Waals surface area contributed by atoms with Gasteiger partial charge in [0.2, 0.25) is 5.91 Å². The number of nitrogens with two attached hydrogens (primary N) is 1. The van der Waals surface area contributed by atoms with Crippen molar-refractivity contribution in [3.63, 3.8) is 0 Å². The van der Waals surface area contributed by atoms with Crippen LogP contribution in [0.2, 0.25) is 0 Å². The van der Waals surface area contributed by atoms with Crippen molar-refractivity contribution in [3.05, 3.63) is 30.0 Å². The van der Waals surface area contributed by atoms with Crippen LogP contribution in [-0.4, -0.2) is 60.8 Å². The number of morpholine rings is 1. The molecule has 2 heterocycles. The zero-order chi connectivity index (χ0) is 19.4. The molecule has 0 bridgehead atoms. The Balaban J connectivity index is 1.63. The third kappa shape index (κ3) is 5.08. The van der Waals surface area contributed by atoms with Gasteiger partial charge in [0, 0.05) is 24.5 Å². The van der Waals surface area contributed by atoms with Crippen LogP contribution in [0.5, 0.6) is 5.75 Å². The molecule has 1 aliphatic heterocycles. The van der Waals surface area contributed by atoms with Gasteiger partial charge in [-0.05, 0) is 39.0 Å². The lowest BCUT2D eigenvalue weighted by atomic mass is 10.1. The summed E-state index contributed by atoms with van der Waals surface area (Å²) in [5.74, 6) is 0.660. The van der Waals surface area contributed by atoms with Gasteiger partial charge in [0.1, 0.15) is 12.4 Å². The van der Waals surface area contributed by atoms with Crippen LogP contribution >= 0.6 is 0 Å². The number of anilines is 1. The molecule has 3 rings (SSSR count). The fourth-order valence-corrected chi connectivity index (χ4v) is 3.22. The lowest BCUT2D eigenvalue weighted by Crippen LogP contribution is -2.52. The van der Waals surface area contributed by atoms with Gasteiger partial charge in [-0.3, -0.25) is 14.7 Å². The molecule has 1 aromatic heterocycles. The number of hydrogen-bond donors (Lipinski definition) is 2. The van der Waals surface area contributed by atoms with Gasteiger partial charge in [0.25, 0.3) is 0 Å². The first-order valence-electron chi connectivity index (χ1n) is 9.24. The van der Waals surface area contributed by atoms with E-state index in [1.807, 2.05) is 45.0 Å². The topological polar surface area (TPSA) is 89.7 Å². The van der Waals surface area contributed by atoms with Gasteiger partial charge in [-0.25, -0.2) is 0 Å². The van der Waals surface area contributed by atoms with Gasteiger partial charge in [-0.1, -0.05) is 6.07 Å². The first-order valence-corrected chi connectivity index (χ1v) is 9.24. The minimum Gasteiger partial charge on any atom is -0.490 e. The Morgan fingerprint density at radius 3 is 2.85 bits per heavy atom. The monoisotopic (exact) mass is 372 g/mol. The number of benzene rings is 1. The lowest BCUT2D eigenvalue weighted by molar-refractivity contribution is -0.125. The smallest absolute Gasteiger partial charge is 0.234 e. The molecule has 0 aliphatic carbocycles. The molecule has 1 aliphatic rings. The Labute approximate surface area is 159 Å². The van der Waals surface area contributed by atoms with Gasteiger partial charge >= 0.3 is 0 Å². The third-order valence-corrected chi connectivity index (χ3v) is 4.49. The number of nitrogens with zero attached hydrogens (tertiary/aromatic N) is 2. The van der Waals surface area contributed by atoms with Gasteiger partial charge in [-0.15, -0.1) is 0 Å². The summed E-state index contributed by atoms with van der Waals surface area (Å²) in [4.78, 5) is 19.0. The quantitative estimate of drug-likeness (QED) is 0.803. The number of nitrogen functional groups attached to an aromatic ring is 1. The van der Waals surface area contributed by atoms with E-state index in [9.17, 15) is 4.79 Å². The van der Waals surface area contributed by atoms with Crippen LogP contribution in [0, 0.1) is 6.92 Å². The Hall–Kier alpha value is -2.38. The summed E-state index contributed by atoms with van der Waals surface area (Å²) in [7, 11) is 0. The molecule has 0 atom stereocenters. The standard InChI is InChI=1S/C20H28N4O3/c1-14-11-15(21)19-16(22-14)5-4-6-17(19)27-13-20(2,3)23-18(25)12-24-7-9-26-10-8-24/h4-6,11H,7-10,12-13H2,1-3H3,(H2,21,22)(H,23,25). The van der Waals surface area contributed by atoms with E-state index in [2.05, 4.69) is 15.2 Å². The molecule has 7 nitrogen and oxygen atoms in total. The zero-order valence-corrected chi connectivity index (χ0v) is 16.2. The van der Waals surface area contributed by atoms with Gasteiger partial charge in [0.15, 0.2) is 0 Å². The summed E-state index contributed by atoms with van der Waals surface area (Å²) < 4.78 is 11.3. The highest BCUT2D eigenvalue weighted by molar-refractivity contribution is 5.95. The molecule has 0 spiro atoms. The summed E-state index contributed by atoms with van der Waals surface area (Å²) >= 11 is 0.